The fourth-order valence-corrected chi connectivity index (χ4v) is 1.30. The van der Waals surface area contributed by atoms with E-state index in [9.17, 15) is 4.79 Å². The molecule has 0 fully saturated rings. The van der Waals surface area contributed by atoms with Crippen molar-refractivity contribution in [2.24, 2.45) is 0 Å². The van der Waals surface area contributed by atoms with Crippen LogP contribution < -0.4 is 5.48 Å². The van der Waals surface area contributed by atoms with Gasteiger partial charge in [-0.15, -0.1) is 0 Å². The highest BCUT2D eigenvalue weighted by molar-refractivity contribution is 5.75. The van der Waals surface area contributed by atoms with Crippen LogP contribution in [0.5, 0.6) is 0 Å². The average Bonchev–Trinajstić information content (AvgIpc) is 2.33. The lowest BCUT2D eigenvalue weighted by Gasteiger charge is -2.05. The summed E-state index contributed by atoms with van der Waals surface area (Å²) in [5.41, 5.74) is 3.62. The molecule has 1 amide bonds. The zero-order valence-corrected chi connectivity index (χ0v) is 9.74. The summed E-state index contributed by atoms with van der Waals surface area (Å²) in [7, 11) is 0. The van der Waals surface area contributed by atoms with Crippen molar-refractivity contribution >= 4 is 5.91 Å². The Kier molecular flexibility index (Phi) is 6.26. The molecule has 0 saturated carbocycles. The van der Waals surface area contributed by atoms with Crippen LogP contribution in [0.3, 0.4) is 0 Å². The molecule has 1 rings (SSSR count). The lowest BCUT2D eigenvalue weighted by molar-refractivity contribution is -0.133. The molecule has 0 unspecified atom stereocenters. The topological polar surface area (TPSA) is 38.3 Å². The molecule has 0 saturated heterocycles. The molecular weight excluding hydrogens is 202 g/mol. The van der Waals surface area contributed by atoms with E-state index in [2.05, 4.69) is 12.4 Å². The van der Waals surface area contributed by atoms with Crippen LogP contribution in [0.2, 0.25) is 0 Å². The molecule has 0 aromatic heterocycles. The van der Waals surface area contributed by atoms with E-state index >= 15 is 0 Å². The Bertz CT molecular complexity index is 298. The number of hydrogen-bond donors (Lipinski definition) is 1. The molecule has 0 spiro atoms. The van der Waals surface area contributed by atoms with E-state index in [0.29, 0.717) is 13.0 Å². The van der Waals surface area contributed by atoms with E-state index in [1.165, 1.54) is 5.56 Å². The highest BCUT2D eigenvalue weighted by Gasteiger charge is 2.01. The van der Waals surface area contributed by atoms with Crippen molar-refractivity contribution in [2.75, 3.05) is 6.61 Å². The highest BCUT2D eigenvalue weighted by atomic mass is 16.6. The fraction of sp³-hybridized carbons (Fsp3) is 0.462. The first kappa shape index (κ1) is 12.7. The Morgan fingerprint density at radius 2 is 2.06 bits per heavy atom. The number of carbonyl (C=O) groups excluding carboxylic acids is 1. The minimum Gasteiger partial charge on any atom is -0.274 e. The summed E-state index contributed by atoms with van der Waals surface area (Å²) in [6, 6.07) is 9.96. The predicted octanol–water partition coefficient (Wildman–Crippen LogP) is 2.47. The van der Waals surface area contributed by atoms with Crippen LogP contribution in [0.1, 0.15) is 31.7 Å². The van der Waals surface area contributed by atoms with Gasteiger partial charge in [-0.25, -0.2) is 5.48 Å². The number of rotatable bonds is 7. The van der Waals surface area contributed by atoms with Gasteiger partial charge in [0.1, 0.15) is 0 Å². The van der Waals surface area contributed by atoms with Gasteiger partial charge in [-0.3, -0.25) is 9.63 Å². The standard InChI is InChI=1S/C13H19NO2/c1-2-3-11-16-14-13(15)10-9-12-7-5-4-6-8-12/h4-8H,2-3,9-11H2,1H3,(H,14,15). The molecule has 0 heterocycles. The molecule has 0 radical (unpaired) electrons. The van der Waals surface area contributed by atoms with E-state index in [1.54, 1.807) is 0 Å². The molecule has 16 heavy (non-hydrogen) atoms. The molecule has 0 aliphatic carbocycles. The first-order valence-corrected chi connectivity index (χ1v) is 5.77. The number of hydroxylamine groups is 1. The third-order valence-corrected chi connectivity index (χ3v) is 2.27. The number of aryl methyl sites for hydroxylation is 1. The maximum Gasteiger partial charge on any atom is 0.243 e. The van der Waals surface area contributed by atoms with E-state index < -0.39 is 0 Å². The second kappa shape index (κ2) is 7.88. The average molecular weight is 221 g/mol. The number of carbonyl (C=O) groups is 1. The summed E-state index contributed by atoms with van der Waals surface area (Å²) < 4.78 is 0. The summed E-state index contributed by atoms with van der Waals surface area (Å²) in [5.74, 6) is -0.0556. The lowest BCUT2D eigenvalue weighted by Crippen LogP contribution is -2.24. The van der Waals surface area contributed by atoms with Gasteiger partial charge in [0.05, 0.1) is 6.61 Å². The van der Waals surface area contributed by atoms with E-state index in [-0.39, 0.29) is 5.91 Å². The predicted molar refractivity (Wildman–Crippen MR) is 63.8 cm³/mol. The van der Waals surface area contributed by atoms with Gasteiger partial charge in [-0.2, -0.15) is 0 Å². The Morgan fingerprint density at radius 1 is 1.31 bits per heavy atom. The Hall–Kier alpha value is -1.35. The van der Waals surface area contributed by atoms with Crippen LogP contribution in [0.15, 0.2) is 30.3 Å². The van der Waals surface area contributed by atoms with Crippen molar-refractivity contribution < 1.29 is 9.63 Å². The monoisotopic (exact) mass is 221 g/mol. The van der Waals surface area contributed by atoms with Gasteiger partial charge < -0.3 is 0 Å². The second-order valence-electron chi connectivity index (χ2n) is 3.71. The second-order valence-corrected chi connectivity index (χ2v) is 3.71. The van der Waals surface area contributed by atoms with Crippen molar-refractivity contribution in [2.45, 2.75) is 32.6 Å². The number of hydrogen-bond acceptors (Lipinski definition) is 2. The zero-order valence-electron chi connectivity index (χ0n) is 9.74. The summed E-state index contributed by atoms with van der Waals surface area (Å²) in [6.07, 6.45) is 3.26. The molecule has 1 aromatic carbocycles. The van der Waals surface area contributed by atoms with Crippen LogP contribution in [0.25, 0.3) is 0 Å². The van der Waals surface area contributed by atoms with Gasteiger partial charge in [0.15, 0.2) is 0 Å². The van der Waals surface area contributed by atoms with Crippen molar-refractivity contribution in [1.82, 2.24) is 5.48 Å². The maximum absolute atomic E-state index is 11.3. The van der Waals surface area contributed by atoms with Crippen molar-refractivity contribution in [3.63, 3.8) is 0 Å². The van der Waals surface area contributed by atoms with Crippen LogP contribution in [-0.4, -0.2) is 12.5 Å². The molecule has 0 bridgehead atoms. The number of amides is 1. The molecule has 88 valence electrons. The summed E-state index contributed by atoms with van der Waals surface area (Å²) in [6.45, 7) is 2.67. The molecule has 0 aliphatic heterocycles. The van der Waals surface area contributed by atoms with Crippen molar-refractivity contribution in [1.29, 1.82) is 0 Å². The summed E-state index contributed by atoms with van der Waals surface area (Å²) in [5, 5.41) is 0. The van der Waals surface area contributed by atoms with Crippen LogP contribution >= 0.6 is 0 Å². The normalized spacial score (nSPS) is 10.1. The third-order valence-electron chi connectivity index (χ3n) is 2.27. The van der Waals surface area contributed by atoms with E-state index in [1.807, 2.05) is 30.3 Å². The van der Waals surface area contributed by atoms with Crippen molar-refractivity contribution in [3.05, 3.63) is 35.9 Å². The molecule has 0 atom stereocenters. The lowest BCUT2D eigenvalue weighted by atomic mass is 10.1. The van der Waals surface area contributed by atoms with Gasteiger partial charge in [0, 0.05) is 6.42 Å². The smallest absolute Gasteiger partial charge is 0.243 e. The summed E-state index contributed by atoms with van der Waals surface area (Å²) in [4.78, 5) is 16.4. The van der Waals surface area contributed by atoms with Gasteiger partial charge in [-0.1, -0.05) is 43.7 Å². The minimum atomic E-state index is -0.0556. The fourth-order valence-electron chi connectivity index (χ4n) is 1.30. The molecule has 1 aromatic rings. The number of nitrogens with one attached hydrogen (secondary N) is 1. The zero-order chi connectivity index (χ0) is 11.6. The quantitative estimate of drug-likeness (QED) is 0.567. The van der Waals surface area contributed by atoms with Crippen LogP contribution in [-0.2, 0) is 16.1 Å². The molecule has 0 aliphatic rings. The van der Waals surface area contributed by atoms with Crippen LogP contribution in [0.4, 0.5) is 0 Å². The number of benzene rings is 1. The molecular formula is C13H19NO2. The largest absolute Gasteiger partial charge is 0.274 e. The first-order chi connectivity index (χ1) is 7.83. The number of unbranched alkanes of at least 4 members (excludes halogenated alkanes) is 1. The summed E-state index contributed by atoms with van der Waals surface area (Å²) >= 11 is 0. The Balaban J connectivity index is 2.11. The van der Waals surface area contributed by atoms with Crippen LogP contribution in [0, 0.1) is 0 Å². The van der Waals surface area contributed by atoms with Gasteiger partial charge in [0.2, 0.25) is 5.91 Å². The van der Waals surface area contributed by atoms with Gasteiger partial charge in [0.25, 0.3) is 0 Å². The maximum atomic E-state index is 11.3. The molecule has 1 N–H and O–H groups in total. The Morgan fingerprint density at radius 3 is 2.75 bits per heavy atom. The highest BCUT2D eigenvalue weighted by Crippen LogP contribution is 2.01. The van der Waals surface area contributed by atoms with Crippen molar-refractivity contribution in [3.8, 4) is 0 Å². The Labute approximate surface area is 96.8 Å². The SMILES string of the molecule is CCCCONC(=O)CCc1ccccc1. The van der Waals surface area contributed by atoms with Gasteiger partial charge >= 0.3 is 0 Å². The van der Waals surface area contributed by atoms with E-state index in [4.69, 9.17) is 4.84 Å². The van der Waals surface area contributed by atoms with Gasteiger partial charge in [-0.05, 0) is 18.4 Å². The van der Waals surface area contributed by atoms with E-state index in [0.717, 1.165) is 19.3 Å². The third kappa shape index (κ3) is 5.51. The molecule has 3 nitrogen and oxygen atoms in total. The molecule has 3 heteroatoms. The minimum absolute atomic E-state index is 0.0556. The first-order valence-electron chi connectivity index (χ1n) is 5.77.